The number of aliphatic carboxylic acids is 1. The summed E-state index contributed by atoms with van der Waals surface area (Å²) in [5.41, 5.74) is 0.589. The minimum Gasteiger partial charge on any atom is -0.479 e. The lowest BCUT2D eigenvalue weighted by atomic mass is 10.1. The number of aryl methyl sites for hydroxylation is 1. The van der Waals surface area contributed by atoms with Gasteiger partial charge in [0, 0.05) is 18.8 Å². The molecule has 0 fully saturated rings. The molecule has 0 unspecified atom stereocenters. The quantitative estimate of drug-likeness (QED) is 0.903. The summed E-state index contributed by atoms with van der Waals surface area (Å²) in [6, 6.07) is 0. The summed E-state index contributed by atoms with van der Waals surface area (Å²) in [5.74, 6) is -1.26. The lowest BCUT2D eigenvalue weighted by molar-refractivity contribution is -0.146. The number of rotatable bonds is 3. The van der Waals surface area contributed by atoms with Crippen LogP contribution in [0.5, 0.6) is 5.88 Å². The Balaban J connectivity index is 2.19. The molecule has 1 aromatic heterocycles. The number of hydrogen-bond donors (Lipinski definition) is 1. The van der Waals surface area contributed by atoms with Crippen molar-refractivity contribution < 1.29 is 27.8 Å². The van der Waals surface area contributed by atoms with Crippen LogP contribution in [0.15, 0.2) is 6.20 Å². The van der Waals surface area contributed by atoms with E-state index in [1.54, 1.807) is 0 Å². The number of hydrogen-bond acceptors (Lipinski definition) is 5. The summed E-state index contributed by atoms with van der Waals surface area (Å²) in [4.78, 5) is 19.4. The molecule has 1 N–H and O–H groups in total. The van der Waals surface area contributed by atoms with E-state index in [-0.39, 0.29) is 18.2 Å². The van der Waals surface area contributed by atoms with E-state index in [0.717, 1.165) is 4.90 Å². The van der Waals surface area contributed by atoms with Gasteiger partial charge in [-0.3, -0.25) is 0 Å². The monoisotopic (exact) mass is 291 g/mol. The molecule has 0 aliphatic carbocycles. The van der Waals surface area contributed by atoms with Crippen molar-refractivity contribution in [3.05, 3.63) is 11.8 Å². The zero-order valence-corrected chi connectivity index (χ0v) is 10.5. The molecule has 6 nitrogen and oxygen atoms in total. The molecular formula is C11H12F3N3O3. The Bertz CT molecular complexity index is 521. The van der Waals surface area contributed by atoms with E-state index in [1.165, 1.54) is 13.2 Å². The zero-order chi connectivity index (χ0) is 14.9. The van der Waals surface area contributed by atoms with Gasteiger partial charge in [0.25, 0.3) is 0 Å². The van der Waals surface area contributed by atoms with Gasteiger partial charge in [0.2, 0.25) is 11.8 Å². The van der Waals surface area contributed by atoms with Crippen LogP contribution in [-0.2, 0) is 11.2 Å². The Morgan fingerprint density at radius 3 is 2.90 bits per heavy atom. The summed E-state index contributed by atoms with van der Waals surface area (Å²) < 4.78 is 42.0. The van der Waals surface area contributed by atoms with Crippen molar-refractivity contribution in [1.29, 1.82) is 0 Å². The molecule has 9 heteroatoms. The minimum atomic E-state index is -4.38. The second-order valence-electron chi connectivity index (χ2n) is 4.46. The summed E-state index contributed by atoms with van der Waals surface area (Å²) in [6.45, 7) is -1.20. The number of halogens is 3. The van der Waals surface area contributed by atoms with Crippen molar-refractivity contribution in [2.24, 2.45) is 0 Å². The number of aromatic nitrogens is 2. The fourth-order valence-electron chi connectivity index (χ4n) is 1.83. The van der Waals surface area contributed by atoms with Crippen LogP contribution in [-0.4, -0.2) is 46.9 Å². The van der Waals surface area contributed by atoms with Crippen molar-refractivity contribution in [2.75, 3.05) is 18.5 Å². The number of nitrogens with zero attached hydrogens (tertiary/aromatic N) is 3. The zero-order valence-electron chi connectivity index (χ0n) is 10.5. The molecule has 1 aliphatic heterocycles. The number of alkyl halides is 3. The van der Waals surface area contributed by atoms with Crippen molar-refractivity contribution in [2.45, 2.75) is 25.1 Å². The van der Waals surface area contributed by atoms with Gasteiger partial charge >= 0.3 is 12.1 Å². The van der Waals surface area contributed by atoms with E-state index in [4.69, 9.17) is 9.84 Å². The van der Waals surface area contributed by atoms with Crippen molar-refractivity contribution >= 4 is 11.9 Å². The molecule has 1 atom stereocenters. The van der Waals surface area contributed by atoms with Crippen molar-refractivity contribution in [1.82, 2.24) is 9.97 Å². The van der Waals surface area contributed by atoms with Gasteiger partial charge in [0.05, 0.1) is 0 Å². The fraction of sp³-hybridized carbons (Fsp3) is 0.545. The van der Waals surface area contributed by atoms with Gasteiger partial charge in [0.15, 0.2) is 6.10 Å². The molecule has 110 valence electrons. The number of carbonyl (C=O) groups is 1. The van der Waals surface area contributed by atoms with Gasteiger partial charge in [-0.1, -0.05) is 0 Å². The van der Waals surface area contributed by atoms with E-state index < -0.39 is 24.8 Å². The molecule has 0 radical (unpaired) electrons. The normalized spacial score (nSPS) is 18.1. The molecule has 0 bridgehead atoms. The first kappa shape index (κ1) is 14.4. The summed E-state index contributed by atoms with van der Waals surface area (Å²) in [5, 5.41) is 8.87. The Hall–Kier alpha value is -2.06. The van der Waals surface area contributed by atoms with Crippen LogP contribution in [0.4, 0.5) is 19.1 Å². The first-order chi connectivity index (χ1) is 9.26. The van der Waals surface area contributed by atoms with E-state index in [1.807, 2.05) is 0 Å². The van der Waals surface area contributed by atoms with E-state index in [9.17, 15) is 18.0 Å². The lowest BCUT2D eigenvalue weighted by Gasteiger charge is -2.24. The Labute approximate surface area is 112 Å². The molecular weight excluding hydrogens is 279 g/mol. The topological polar surface area (TPSA) is 75.5 Å². The van der Waals surface area contributed by atoms with Crippen LogP contribution in [0.2, 0.25) is 0 Å². The van der Waals surface area contributed by atoms with Gasteiger partial charge in [0.1, 0.15) is 6.54 Å². The maximum atomic E-state index is 12.3. The first-order valence-corrected chi connectivity index (χ1v) is 5.79. The molecule has 0 spiro atoms. The molecule has 0 saturated heterocycles. The Morgan fingerprint density at radius 1 is 1.60 bits per heavy atom. The molecule has 0 amide bonds. The third-order valence-electron chi connectivity index (χ3n) is 2.78. The second-order valence-corrected chi connectivity index (χ2v) is 4.46. The summed E-state index contributed by atoms with van der Waals surface area (Å²) >= 11 is 0. The Kier molecular flexibility index (Phi) is 3.69. The van der Waals surface area contributed by atoms with Crippen LogP contribution >= 0.6 is 0 Å². The minimum absolute atomic E-state index is 0.0303. The predicted molar refractivity (Wildman–Crippen MR) is 61.7 cm³/mol. The number of anilines is 1. The van der Waals surface area contributed by atoms with Gasteiger partial charge in [-0.05, 0) is 12.8 Å². The van der Waals surface area contributed by atoms with E-state index in [2.05, 4.69) is 9.97 Å². The average molecular weight is 291 g/mol. The fourth-order valence-corrected chi connectivity index (χ4v) is 1.83. The second kappa shape index (κ2) is 5.14. The maximum absolute atomic E-state index is 12.3. The number of fused-ring (bicyclic) bond motifs is 1. The van der Waals surface area contributed by atoms with Gasteiger partial charge in [-0.2, -0.15) is 18.2 Å². The van der Waals surface area contributed by atoms with Crippen LogP contribution < -0.4 is 9.64 Å². The molecule has 20 heavy (non-hydrogen) atoms. The smallest absolute Gasteiger partial charge is 0.406 e. The predicted octanol–water partition coefficient (Wildman–Crippen LogP) is 1.25. The highest BCUT2D eigenvalue weighted by Gasteiger charge is 2.31. The number of carboxylic acid groups (broad SMARTS) is 1. The standard InChI is InChI=1S/C11H12F3N3O3/c1-17(5-11(12,13)14)10-15-4-6-2-3-7(9(18)19)20-8(6)16-10/h4,7H,2-3,5H2,1H3,(H,18,19)/t7-/m1/s1. The number of carboxylic acids is 1. The van der Waals surface area contributed by atoms with E-state index >= 15 is 0 Å². The molecule has 1 aliphatic rings. The highest BCUT2D eigenvalue weighted by molar-refractivity contribution is 5.73. The summed E-state index contributed by atoms with van der Waals surface area (Å²) in [6.07, 6.45) is -3.35. The molecule has 1 aromatic rings. The van der Waals surface area contributed by atoms with Crippen LogP contribution in [0.3, 0.4) is 0 Å². The van der Waals surface area contributed by atoms with Crippen molar-refractivity contribution in [3.63, 3.8) is 0 Å². The van der Waals surface area contributed by atoms with Gasteiger partial charge in [-0.25, -0.2) is 9.78 Å². The molecule has 0 aromatic carbocycles. The molecule has 2 rings (SSSR count). The maximum Gasteiger partial charge on any atom is 0.406 e. The lowest BCUT2D eigenvalue weighted by Crippen LogP contribution is -2.34. The number of ether oxygens (including phenoxy) is 1. The highest BCUT2D eigenvalue weighted by Crippen LogP contribution is 2.27. The first-order valence-electron chi connectivity index (χ1n) is 5.79. The third kappa shape index (κ3) is 3.28. The SMILES string of the molecule is CN(CC(F)(F)F)c1ncc2c(n1)O[C@@H](C(=O)O)CC2. The van der Waals surface area contributed by atoms with Crippen LogP contribution in [0, 0.1) is 0 Å². The summed E-state index contributed by atoms with van der Waals surface area (Å²) in [7, 11) is 1.20. The third-order valence-corrected chi connectivity index (χ3v) is 2.78. The van der Waals surface area contributed by atoms with Gasteiger partial charge < -0.3 is 14.7 Å². The van der Waals surface area contributed by atoms with Crippen LogP contribution in [0.25, 0.3) is 0 Å². The highest BCUT2D eigenvalue weighted by atomic mass is 19.4. The van der Waals surface area contributed by atoms with Crippen LogP contribution in [0.1, 0.15) is 12.0 Å². The molecule has 0 saturated carbocycles. The van der Waals surface area contributed by atoms with Crippen molar-refractivity contribution in [3.8, 4) is 5.88 Å². The average Bonchev–Trinajstić information content (AvgIpc) is 2.35. The van der Waals surface area contributed by atoms with E-state index in [0.29, 0.717) is 12.0 Å². The Morgan fingerprint density at radius 2 is 2.30 bits per heavy atom. The molecule has 2 heterocycles. The largest absolute Gasteiger partial charge is 0.479 e. The van der Waals surface area contributed by atoms with Gasteiger partial charge in [-0.15, -0.1) is 0 Å².